The van der Waals surface area contributed by atoms with Gasteiger partial charge in [0.1, 0.15) is 11.5 Å². The summed E-state index contributed by atoms with van der Waals surface area (Å²) < 4.78 is 29.4. The number of carboxylic acid groups (broad SMARTS) is 1. The fraction of sp³-hybridized carbons (Fsp3) is 0.235. The van der Waals surface area contributed by atoms with Gasteiger partial charge in [-0.2, -0.15) is 0 Å². The second-order valence-corrected chi connectivity index (χ2v) is 5.22. The Bertz CT molecular complexity index is 692. The van der Waals surface area contributed by atoms with E-state index in [0.29, 0.717) is 36.2 Å². The molecule has 0 saturated carbocycles. The van der Waals surface area contributed by atoms with Gasteiger partial charge >= 0.3 is 5.97 Å². The number of hydrogen-bond donors (Lipinski definition) is 1. The summed E-state index contributed by atoms with van der Waals surface area (Å²) in [4.78, 5) is 10.4. The lowest BCUT2D eigenvalue weighted by atomic mass is 10.3. The van der Waals surface area contributed by atoms with E-state index in [1.54, 1.807) is 24.3 Å². The van der Waals surface area contributed by atoms with Crippen LogP contribution >= 0.6 is 11.6 Å². The zero-order valence-corrected chi connectivity index (χ0v) is 13.5. The van der Waals surface area contributed by atoms with Gasteiger partial charge in [0.2, 0.25) is 0 Å². The molecule has 0 bridgehead atoms. The molecule has 0 aliphatic rings. The molecule has 2 aromatic rings. The van der Waals surface area contributed by atoms with Crippen molar-refractivity contribution in [3.05, 3.63) is 53.3 Å². The van der Waals surface area contributed by atoms with Crippen molar-refractivity contribution in [2.24, 2.45) is 0 Å². The molecule has 128 valence electrons. The molecule has 0 saturated heterocycles. The first-order valence-corrected chi connectivity index (χ1v) is 7.58. The van der Waals surface area contributed by atoms with Crippen molar-refractivity contribution < 1.29 is 28.5 Å². The summed E-state index contributed by atoms with van der Waals surface area (Å²) in [6.45, 7) is 0.177. The minimum atomic E-state index is -1.17. The number of aliphatic carboxylic acids is 1. The molecule has 0 radical (unpaired) electrons. The highest BCUT2D eigenvalue weighted by Gasteiger charge is 2.07. The van der Waals surface area contributed by atoms with Crippen molar-refractivity contribution in [1.82, 2.24) is 0 Å². The van der Waals surface area contributed by atoms with Crippen LogP contribution in [0.1, 0.15) is 6.42 Å². The third-order valence-corrected chi connectivity index (χ3v) is 3.11. The first-order chi connectivity index (χ1) is 11.5. The van der Waals surface area contributed by atoms with Crippen LogP contribution in [0.4, 0.5) is 4.39 Å². The van der Waals surface area contributed by atoms with Crippen molar-refractivity contribution in [2.45, 2.75) is 6.42 Å². The molecule has 0 atom stereocenters. The Hall–Kier alpha value is -2.47. The zero-order chi connectivity index (χ0) is 17.4. The second-order valence-electron chi connectivity index (χ2n) is 4.78. The highest BCUT2D eigenvalue weighted by Crippen LogP contribution is 2.23. The molecule has 5 nitrogen and oxygen atoms in total. The van der Waals surface area contributed by atoms with Crippen LogP contribution in [-0.2, 0) is 4.79 Å². The fourth-order valence-electron chi connectivity index (χ4n) is 1.82. The van der Waals surface area contributed by atoms with Crippen LogP contribution < -0.4 is 14.2 Å². The zero-order valence-electron chi connectivity index (χ0n) is 12.7. The maximum atomic E-state index is 13.7. The van der Waals surface area contributed by atoms with E-state index in [1.165, 1.54) is 12.1 Å². The molecule has 2 rings (SSSR count). The lowest BCUT2D eigenvalue weighted by molar-refractivity contribution is -0.139. The van der Waals surface area contributed by atoms with Crippen molar-refractivity contribution >= 4 is 17.6 Å². The molecule has 0 aliphatic heterocycles. The SMILES string of the molecule is O=C(O)COc1ccc(OCCCOc2cccc(Cl)c2)cc1F. The van der Waals surface area contributed by atoms with E-state index >= 15 is 0 Å². The van der Waals surface area contributed by atoms with Crippen LogP contribution in [0.2, 0.25) is 5.02 Å². The molecule has 7 heteroatoms. The fourth-order valence-corrected chi connectivity index (χ4v) is 2.00. The van der Waals surface area contributed by atoms with Gasteiger partial charge in [0, 0.05) is 17.5 Å². The molecule has 0 amide bonds. The van der Waals surface area contributed by atoms with Crippen LogP contribution in [0.25, 0.3) is 0 Å². The topological polar surface area (TPSA) is 65.0 Å². The summed E-state index contributed by atoms with van der Waals surface area (Å²) in [5.74, 6) is -0.973. The predicted octanol–water partition coefficient (Wildman–Crippen LogP) is 3.79. The van der Waals surface area contributed by atoms with Gasteiger partial charge in [-0.15, -0.1) is 0 Å². The van der Waals surface area contributed by atoms with Gasteiger partial charge in [0.05, 0.1) is 13.2 Å². The van der Waals surface area contributed by atoms with Gasteiger partial charge in [-0.25, -0.2) is 9.18 Å². The normalized spacial score (nSPS) is 10.2. The first kappa shape index (κ1) is 17.9. The molecular formula is C17H16ClFO5. The number of carboxylic acids is 1. The smallest absolute Gasteiger partial charge is 0.341 e. The molecule has 0 aliphatic carbocycles. The molecule has 0 heterocycles. The van der Waals surface area contributed by atoms with Gasteiger partial charge in [0.15, 0.2) is 18.2 Å². The Labute approximate surface area is 143 Å². The average Bonchev–Trinajstić information content (AvgIpc) is 2.53. The second kappa shape index (κ2) is 8.98. The van der Waals surface area contributed by atoms with Crippen LogP contribution in [0.3, 0.4) is 0 Å². The van der Waals surface area contributed by atoms with Gasteiger partial charge < -0.3 is 19.3 Å². The molecular weight excluding hydrogens is 339 g/mol. The third-order valence-electron chi connectivity index (χ3n) is 2.88. The summed E-state index contributed by atoms with van der Waals surface area (Å²) in [7, 11) is 0. The Balaban J connectivity index is 1.72. The Morgan fingerprint density at radius 1 is 1.04 bits per heavy atom. The van der Waals surface area contributed by atoms with E-state index < -0.39 is 18.4 Å². The highest BCUT2D eigenvalue weighted by atomic mass is 35.5. The lowest BCUT2D eigenvalue weighted by Crippen LogP contribution is -2.10. The predicted molar refractivity (Wildman–Crippen MR) is 86.6 cm³/mol. The molecule has 2 aromatic carbocycles. The monoisotopic (exact) mass is 354 g/mol. The maximum absolute atomic E-state index is 13.7. The van der Waals surface area contributed by atoms with Gasteiger partial charge in [-0.05, 0) is 30.3 Å². The van der Waals surface area contributed by atoms with E-state index in [1.807, 2.05) is 0 Å². The minimum absolute atomic E-state index is 0.131. The van der Waals surface area contributed by atoms with E-state index in [2.05, 4.69) is 0 Å². The minimum Gasteiger partial charge on any atom is -0.493 e. The Morgan fingerprint density at radius 3 is 2.38 bits per heavy atom. The summed E-state index contributed by atoms with van der Waals surface area (Å²) >= 11 is 5.85. The van der Waals surface area contributed by atoms with Crippen LogP contribution in [0, 0.1) is 5.82 Å². The number of rotatable bonds is 9. The Kier molecular flexibility index (Phi) is 6.69. The molecule has 0 spiro atoms. The first-order valence-electron chi connectivity index (χ1n) is 7.20. The Morgan fingerprint density at radius 2 is 1.75 bits per heavy atom. The maximum Gasteiger partial charge on any atom is 0.341 e. The van der Waals surface area contributed by atoms with Crippen molar-refractivity contribution in [2.75, 3.05) is 19.8 Å². The van der Waals surface area contributed by atoms with E-state index in [-0.39, 0.29) is 5.75 Å². The van der Waals surface area contributed by atoms with Crippen LogP contribution in [-0.4, -0.2) is 30.9 Å². The third kappa shape index (κ3) is 5.96. The number of hydrogen-bond acceptors (Lipinski definition) is 4. The number of halogens is 2. The van der Waals surface area contributed by atoms with Crippen molar-refractivity contribution in [3.63, 3.8) is 0 Å². The van der Waals surface area contributed by atoms with E-state index in [9.17, 15) is 9.18 Å². The summed E-state index contributed by atoms with van der Waals surface area (Å²) in [6, 6.07) is 11.1. The molecule has 0 unspecified atom stereocenters. The number of benzene rings is 2. The molecule has 24 heavy (non-hydrogen) atoms. The van der Waals surface area contributed by atoms with Gasteiger partial charge in [0.25, 0.3) is 0 Å². The van der Waals surface area contributed by atoms with Crippen LogP contribution in [0.15, 0.2) is 42.5 Å². The van der Waals surface area contributed by atoms with Gasteiger partial charge in [-0.3, -0.25) is 0 Å². The summed E-state index contributed by atoms with van der Waals surface area (Å²) in [5, 5.41) is 9.09. The van der Waals surface area contributed by atoms with Crippen molar-refractivity contribution in [3.8, 4) is 17.2 Å². The number of ether oxygens (including phenoxy) is 3. The van der Waals surface area contributed by atoms with Crippen molar-refractivity contribution in [1.29, 1.82) is 0 Å². The quantitative estimate of drug-likeness (QED) is 0.694. The standard InChI is InChI=1S/C17H16ClFO5/c18-12-3-1-4-13(9-12)22-7-2-8-23-14-5-6-16(15(19)10-14)24-11-17(20)21/h1,3-6,9-10H,2,7-8,11H2,(H,20,21). The summed E-state index contributed by atoms with van der Waals surface area (Å²) in [6.07, 6.45) is 0.603. The van der Waals surface area contributed by atoms with E-state index in [0.717, 1.165) is 6.07 Å². The highest BCUT2D eigenvalue weighted by molar-refractivity contribution is 6.30. The molecule has 0 fully saturated rings. The van der Waals surface area contributed by atoms with E-state index in [4.69, 9.17) is 30.9 Å². The average molecular weight is 355 g/mol. The largest absolute Gasteiger partial charge is 0.493 e. The number of carbonyl (C=O) groups is 1. The molecule has 1 N–H and O–H groups in total. The summed E-state index contributed by atoms with van der Waals surface area (Å²) in [5.41, 5.74) is 0. The van der Waals surface area contributed by atoms with Gasteiger partial charge in [-0.1, -0.05) is 17.7 Å². The lowest BCUT2D eigenvalue weighted by Gasteiger charge is -2.10. The van der Waals surface area contributed by atoms with Crippen LogP contribution in [0.5, 0.6) is 17.2 Å². The molecule has 0 aromatic heterocycles.